The third kappa shape index (κ3) is 5.04. The maximum absolute atomic E-state index is 13.7. The molecule has 0 amide bonds. The molecule has 2 aliphatic rings. The number of hydrogen-bond donors (Lipinski definition) is 1. The molecule has 35 heavy (non-hydrogen) atoms. The number of rotatable bonds is 6. The van der Waals surface area contributed by atoms with Crippen LogP contribution in [0.4, 0.5) is 4.39 Å². The zero-order chi connectivity index (χ0) is 24.4. The van der Waals surface area contributed by atoms with Crippen molar-refractivity contribution in [2.24, 2.45) is 0 Å². The fourth-order valence-electron chi connectivity index (χ4n) is 4.75. The second kappa shape index (κ2) is 10.1. The number of aromatic hydroxyl groups is 1. The predicted molar refractivity (Wildman–Crippen MR) is 134 cm³/mol. The summed E-state index contributed by atoms with van der Waals surface area (Å²) in [6.45, 7) is 8.19. The van der Waals surface area contributed by atoms with Gasteiger partial charge in [0.25, 0.3) is 0 Å². The summed E-state index contributed by atoms with van der Waals surface area (Å²) in [5, 5.41) is 10.0. The predicted octanol–water partition coefficient (Wildman–Crippen LogP) is 5.70. The number of phenols is 1. The number of fused-ring (bicyclic) bond motifs is 1. The van der Waals surface area contributed by atoms with E-state index in [1.165, 1.54) is 12.1 Å². The zero-order valence-electron chi connectivity index (χ0n) is 20.0. The summed E-state index contributed by atoms with van der Waals surface area (Å²) in [5.41, 5.74) is 4.60. The van der Waals surface area contributed by atoms with Gasteiger partial charge in [0.05, 0.1) is 13.2 Å². The van der Waals surface area contributed by atoms with Gasteiger partial charge in [-0.15, -0.1) is 0 Å². The highest BCUT2D eigenvalue weighted by atomic mass is 19.1. The molecule has 1 fully saturated rings. The van der Waals surface area contributed by atoms with Crippen molar-refractivity contribution in [3.63, 3.8) is 0 Å². The normalized spacial score (nSPS) is 19.1. The Bertz CT molecular complexity index is 1200. The lowest BCUT2D eigenvalue weighted by molar-refractivity contribution is 0.0105. The minimum Gasteiger partial charge on any atom is -0.508 e. The van der Waals surface area contributed by atoms with Crippen LogP contribution in [0.15, 0.2) is 66.7 Å². The van der Waals surface area contributed by atoms with E-state index in [4.69, 9.17) is 14.2 Å². The van der Waals surface area contributed by atoms with Gasteiger partial charge in [0, 0.05) is 30.3 Å². The molecular weight excluding hydrogens is 445 g/mol. The first kappa shape index (κ1) is 23.4. The topological polar surface area (TPSA) is 51.2 Å². The van der Waals surface area contributed by atoms with Crippen molar-refractivity contribution in [3.8, 4) is 17.2 Å². The van der Waals surface area contributed by atoms with Gasteiger partial charge < -0.3 is 19.3 Å². The number of halogens is 1. The van der Waals surface area contributed by atoms with Crippen LogP contribution in [0.2, 0.25) is 0 Å². The lowest BCUT2D eigenvalue weighted by Crippen LogP contribution is -2.44. The van der Waals surface area contributed by atoms with E-state index in [0.29, 0.717) is 18.4 Å². The van der Waals surface area contributed by atoms with Crippen LogP contribution >= 0.6 is 0 Å². The molecule has 2 atom stereocenters. The highest BCUT2D eigenvalue weighted by Crippen LogP contribution is 2.47. The summed E-state index contributed by atoms with van der Waals surface area (Å²) in [6, 6.07) is 19.8. The molecule has 182 valence electrons. The molecule has 2 aliphatic heterocycles. The Morgan fingerprint density at radius 1 is 1.03 bits per heavy atom. The van der Waals surface area contributed by atoms with Gasteiger partial charge in [0.1, 0.15) is 35.8 Å². The molecule has 0 bridgehead atoms. The highest BCUT2D eigenvalue weighted by molar-refractivity contribution is 5.95. The van der Waals surface area contributed by atoms with Gasteiger partial charge in [-0.3, -0.25) is 4.90 Å². The number of hydrogen-bond acceptors (Lipinski definition) is 5. The second-order valence-corrected chi connectivity index (χ2v) is 9.10. The summed E-state index contributed by atoms with van der Waals surface area (Å²) in [7, 11) is 0. The monoisotopic (exact) mass is 475 g/mol. The molecule has 0 saturated carbocycles. The number of phenolic OH excluding ortho intramolecular Hbond substituents is 1. The molecule has 3 aromatic carbocycles. The number of benzene rings is 3. The van der Waals surface area contributed by atoms with Gasteiger partial charge in [0.2, 0.25) is 0 Å². The molecule has 6 heteroatoms. The van der Waals surface area contributed by atoms with Crippen LogP contribution < -0.4 is 9.47 Å². The van der Waals surface area contributed by atoms with E-state index in [1.54, 1.807) is 30.3 Å². The zero-order valence-corrected chi connectivity index (χ0v) is 20.0. The third-order valence-electron chi connectivity index (χ3n) is 6.78. The Morgan fingerprint density at radius 2 is 1.74 bits per heavy atom. The summed E-state index contributed by atoms with van der Waals surface area (Å²) >= 11 is 0. The van der Waals surface area contributed by atoms with Crippen molar-refractivity contribution in [3.05, 3.63) is 89.2 Å². The first-order valence-corrected chi connectivity index (χ1v) is 12.0. The van der Waals surface area contributed by atoms with E-state index in [2.05, 4.69) is 11.8 Å². The quantitative estimate of drug-likeness (QED) is 0.496. The lowest BCUT2D eigenvalue weighted by Gasteiger charge is -2.32. The second-order valence-electron chi connectivity index (χ2n) is 9.10. The standard InChI is InChI=1S/C29H30FNO4/c1-19(31-13-15-33-16-14-31)18-34-25-10-5-22(6-11-25)29-28(21-3-7-23(30)8-4-21)20(2)26-17-24(32)9-12-27(26)35-29/h3-12,17,19,29,32H,13-16,18H2,1-2H3/t19-,29-/m0/s1. The van der Waals surface area contributed by atoms with Gasteiger partial charge in [-0.05, 0) is 73.0 Å². The molecule has 0 spiro atoms. The van der Waals surface area contributed by atoms with Crippen LogP contribution in [0.5, 0.6) is 17.2 Å². The SMILES string of the molecule is CC1=C(c2ccc(F)cc2)[C@H](c2ccc(OC[C@H](C)N3CCOCC3)cc2)Oc2ccc(O)cc21. The van der Waals surface area contributed by atoms with Gasteiger partial charge in [-0.25, -0.2) is 4.39 Å². The summed E-state index contributed by atoms with van der Waals surface area (Å²) < 4.78 is 31.6. The number of morpholine rings is 1. The van der Waals surface area contributed by atoms with Gasteiger partial charge >= 0.3 is 0 Å². The Labute approximate surface area is 205 Å². The van der Waals surface area contributed by atoms with Crippen molar-refractivity contribution >= 4 is 11.1 Å². The van der Waals surface area contributed by atoms with Crippen LogP contribution in [0, 0.1) is 5.82 Å². The van der Waals surface area contributed by atoms with Crippen LogP contribution in [-0.4, -0.2) is 49.0 Å². The molecule has 5 rings (SSSR count). The third-order valence-corrected chi connectivity index (χ3v) is 6.78. The average molecular weight is 476 g/mol. The van der Waals surface area contributed by atoms with Crippen molar-refractivity contribution < 1.29 is 23.7 Å². The van der Waals surface area contributed by atoms with Crippen LogP contribution in [-0.2, 0) is 4.74 Å². The molecule has 5 nitrogen and oxygen atoms in total. The van der Waals surface area contributed by atoms with Crippen molar-refractivity contribution in [2.75, 3.05) is 32.9 Å². The minimum atomic E-state index is -0.376. The average Bonchev–Trinajstić information content (AvgIpc) is 2.89. The van der Waals surface area contributed by atoms with Gasteiger partial charge in [-0.1, -0.05) is 24.3 Å². The van der Waals surface area contributed by atoms with Crippen molar-refractivity contribution in [1.82, 2.24) is 4.90 Å². The Morgan fingerprint density at radius 3 is 2.46 bits per heavy atom. The molecule has 0 aromatic heterocycles. The maximum Gasteiger partial charge on any atom is 0.150 e. The molecular formula is C29H30FNO4. The molecule has 0 radical (unpaired) electrons. The van der Waals surface area contributed by atoms with Crippen LogP contribution in [0.1, 0.15) is 36.6 Å². The van der Waals surface area contributed by atoms with E-state index < -0.39 is 0 Å². The van der Waals surface area contributed by atoms with E-state index in [1.807, 2.05) is 31.2 Å². The molecule has 0 aliphatic carbocycles. The first-order chi connectivity index (χ1) is 17.0. The van der Waals surface area contributed by atoms with E-state index >= 15 is 0 Å². The first-order valence-electron chi connectivity index (χ1n) is 12.0. The number of allylic oxidation sites excluding steroid dienone is 1. The molecule has 0 unspecified atom stereocenters. The smallest absolute Gasteiger partial charge is 0.150 e. The summed E-state index contributed by atoms with van der Waals surface area (Å²) in [6.07, 6.45) is -0.376. The van der Waals surface area contributed by atoms with Crippen LogP contribution in [0.25, 0.3) is 11.1 Å². The molecule has 3 aromatic rings. The van der Waals surface area contributed by atoms with E-state index in [0.717, 1.165) is 59.9 Å². The van der Waals surface area contributed by atoms with E-state index in [9.17, 15) is 9.50 Å². The highest BCUT2D eigenvalue weighted by Gasteiger charge is 2.29. The Kier molecular flexibility index (Phi) is 6.75. The van der Waals surface area contributed by atoms with Gasteiger partial charge in [-0.2, -0.15) is 0 Å². The number of ether oxygens (including phenoxy) is 3. The maximum atomic E-state index is 13.7. The largest absolute Gasteiger partial charge is 0.508 e. The minimum absolute atomic E-state index is 0.177. The molecule has 1 N–H and O–H groups in total. The molecule has 1 saturated heterocycles. The summed E-state index contributed by atoms with van der Waals surface area (Å²) in [4.78, 5) is 2.38. The van der Waals surface area contributed by atoms with Crippen LogP contribution in [0.3, 0.4) is 0 Å². The fourth-order valence-corrected chi connectivity index (χ4v) is 4.75. The Hall–Kier alpha value is -3.35. The molecule has 2 heterocycles. The fraction of sp³-hybridized carbons (Fsp3) is 0.310. The lowest BCUT2D eigenvalue weighted by atomic mass is 9.86. The van der Waals surface area contributed by atoms with E-state index in [-0.39, 0.29) is 17.7 Å². The Balaban J connectivity index is 1.40. The van der Waals surface area contributed by atoms with Crippen molar-refractivity contribution in [2.45, 2.75) is 26.0 Å². The summed E-state index contributed by atoms with van der Waals surface area (Å²) in [5.74, 6) is 1.40. The number of nitrogens with zero attached hydrogens (tertiary/aromatic N) is 1. The van der Waals surface area contributed by atoms with Crippen molar-refractivity contribution in [1.29, 1.82) is 0 Å². The van der Waals surface area contributed by atoms with Gasteiger partial charge in [0.15, 0.2) is 0 Å².